The SMILES string of the molecule is CC(C)(CCNCCOC(F)(F)F)CCC(=O)O. The van der Waals surface area contributed by atoms with Gasteiger partial charge in [0.1, 0.15) is 0 Å². The smallest absolute Gasteiger partial charge is 0.481 e. The fourth-order valence-electron chi connectivity index (χ4n) is 1.36. The van der Waals surface area contributed by atoms with E-state index in [2.05, 4.69) is 10.1 Å². The quantitative estimate of drug-likeness (QED) is 0.632. The number of carbonyl (C=O) groups is 1. The highest BCUT2D eigenvalue weighted by Gasteiger charge is 2.28. The molecule has 18 heavy (non-hydrogen) atoms. The molecule has 0 aliphatic heterocycles. The zero-order chi connectivity index (χ0) is 14.2. The van der Waals surface area contributed by atoms with E-state index < -0.39 is 18.9 Å². The number of carboxylic acid groups (broad SMARTS) is 1. The lowest BCUT2D eigenvalue weighted by molar-refractivity contribution is -0.323. The van der Waals surface area contributed by atoms with Gasteiger partial charge in [0.2, 0.25) is 0 Å². The van der Waals surface area contributed by atoms with Crippen LogP contribution in [-0.4, -0.2) is 37.1 Å². The molecule has 0 saturated heterocycles. The summed E-state index contributed by atoms with van der Waals surface area (Å²) in [5, 5.41) is 11.4. The molecule has 0 heterocycles. The van der Waals surface area contributed by atoms with Gasteiger partial charge in [0.15, 0.2) is 0 Å². The van der Waals surface area contributed by atoms with Crippen LogP contribution in [0.2, 0.25) is 0 Å². The molecule has 7 heteroatoms. The molecule has 108 valence electrons. The monoisotopic (exact) mass is 271 g/mol. The summed E-state index contributed by atoms with van der Waals surface area (Å²) < 4.78 is 38.5. The fourth-order valence-corrected chi connectivity index (χ4v) is 1.36. The molecular formula is C11H20F3NO3. The van der Waals surface area contributed by atoms with Gasteiger partial charge in [0, 0.05) is 13.0 Å². The Kier molecular flexibility index (Phi) is 7.23. The first-order valence-corrected chi connectivity index (χ1v) is 5.76. The maximum atomic E-state index is 11.6. The molecule has 4 nitrogen and oxygen atoms in total. The number of ether oxygens (including phenoxy) is 1. The maximum Gasteiger partial charge on any atom is 0.522 e. The van der Waals surface area contributed by atoms with Crippen LogP contribution in [0.4, 0.5) is 13.2 Å². The Morgan fingerprint density at radius 1 is 1.22 bits per heavy atom. The third-order valence-corrected chi connectivity index (χ3v) is 2.54. The van der Waals surface area contributed by atoms with Crippen molar-refractivity contribution in [3.8, 4) is 0 Å². The molecule has 0 fully saturated rings. The molecule has 0 saturated carbocycles. The van der Waals surface area contributed by atoms with Crippen molar-refractivity contribution in [2.45, 2.75) is 39.5 Å². The van der Waals surface area contributed by atoms with Crippen LogP contribution in [0.15, 0.2) is 0 Å². The van der Waals surface area contributed by atoms with Gasteiger partial charge in [0.05, 0.1) is 6.61 Å². The molecule has 0 unspecified atom stereocenters. The normalized spacial score (nSPS) is 12.7. The van der Waals surface area contributed by atoms with Crippen LogP contribution in [-0.2, 0) is 9.53 Å². The Bertz CT molecular complexity index is 254. The van der Waals surface area contributed by atoms with Crippen LogP contribution in [0.3, 0.4) is 0 Å². The molecule has 2 N–H and O–H groups in total. The zero-order valence-corrected chi connectivity index (χ0v) is 10.6. The second kappa shape index (κ2) is 7.58. The number of carboxylic acids is 1. The van der Waals surface area contributed by atoms with Crippen molar-refractivity contribution in [3.63, 3.8) is 0 Å². The maximum absolute atomic E-state index is 11.6. The molecule has 0 spiro atoms. The molecule has 0 rings (SSSR count). The lowest BCUT2D eigenvalue weighted by atomic mass is 9.84. The van der Waals surface area contributed by atoms with Crippen molar-refractivity contribution in [1.29, 1.82) is 0 Å². The van der Waals surface area contributed by atoms with Gasteiger partial charge in [-0.3, -0.25) is 9.53 Å². The van der Waals surface area contributed by atoms with Crippen LogP contribution in [0.1, 0.15) is 33.1 Å². The molecule has 0 aromatic heterocycles. The molecule has 0 radical (unpaired) electrons. The summed E-state index contributed by atoms with van der Waals surface area (Å²) in [4.78, 5) is 10.4. The highest BCUT2D eigenvalue weighted by atomic mass is 19.4. The summed E-state index contributed by atoms with van der Waals surface area (Å²) in [5.74, 6) is -0.838. The average Bonchev–Trinajstić information content (AvgIpc) is 2.19. The van der Waals surface area contributed by atoms with Gasteiger partial charge in [-0.1, -0.05) is 13.8 Å². The van der Waals surface area contributed by atoms with Crippen molar-refractivity contribution in [2.75, 3.05) is 19.7 Å². The zero-order valence-electron chi connectivity index (χ0n) is 10.6. The van der Waals surface area contributed by atoms with Gasteiger partial charge in [-0.15, -0.1) is 13.2 Å². The second-order valence-electron chi connectivity index (χ2n) is 4.85. The van der Waals surface area contributed by atoms with E-state index in [0.717, 1.165) is 0 Å². The third-order valence-electron chi connectivity index (χ3n) is 2.54. The topological polar surface area (TPSA) is 58.6 Å². The Hall–Kier alpha value is -0.820. The molecular weight excluding hydrogens is 251 g/mol. The van der Waals surface area contributed by atoms with Gasteiger partial charge in [-0.2, -0.15) is 0 Å². The highest BCUT2D eigenvalue weighted by molar-refractivity contribution is 5.66. The Labute approximate surface area is 105 Å². The van der Waals surface area contributed by atoms with E-state index in [1.54, 1.807) is 0 Å². The highest BCUT2D eigenvalue weighted by Crippen LogP contribution is 2.25. The van der Waals surface area contributed by atoms with Crippen LogP contribution < -0.4 is 5.32 Å². The lowest BCUT2D eigenvalue weighted by Gasteiger charge is -2.23. The molecule has 0 aliphatic carbocycles. The number of rotatable bonds is 9. The van der Waals surface area contributed by atoms with Crippen LogP contribution >= 0.6 is 0 Å². The first-order valence-electron chi connectivity index (χ1n) is 5.76. The minimum Gasteiger partial charge on any atom is -0.481 e. The van der Waals surface area contributed by atoms with E-state index in [0.29, 0.717) is 19.4 Å². The van der Waals surface area contributed by atoms with Crippen LogP contribution in [0.5, 0.6) is 0 Å². The summed E-state index contributed by atoms with van der Waals surface area (Å²) in [7, 11) is 0. The van der Waals surface area contributed by atoms with Gasteiger partial charge in [-0.25, -0.2) is 0 Å². The first kappa shape index (κ1) is 17.2. The summed E-state index contributed by atoms with van der Waals surface area (Å²) in [6.45, 7) is 4.11. The molecule has 0 aromatic rings. The van der Waals surface area contributed by atoms with Crippen molar-refractivity contribution in [3.05, 3.63) is 0 Å². The van der Waals surface area contributed by atoms with Gasteiger partial charge in [-0.05, 0) is 24.8 Å². The van der Waals surface area contributed by atoms with E-state index in [1.165, 1.54) is 0 Å². The van der Waals surface area contributed by atoms with Crippen molar-refractivity contribution in [2.24, 2.45) is 5.41 Å². The van der Waals surface area contributed by atoms with Crippen molar-refractivity contribution >= 4 is 5.97 Å². The van der Waals surface area contributed by atoms with E-state index in [1.807, 2.05) is 13.8 Å². The van der Waals surface area contributed by atoms with E-state index in [4.69, 9.17) is 5.11 Å². The van der Waals surface area contributed by atoms with Crippen molar-refractivity contribution < 1.29 is 27.8 Å². The summed E-state index contributed by atoms with van der Waals surface area (Å²) >= 11 is 0. The summed E-state index contributed by atoms with van der Waals surface area (Å²) in [6, 6.07) is 0. The standard InChI is InChI=1S/C11H20F3NO3/c1-10(2,4-3-9(16)17)5-6-15-7-8-18-11(12,13)14/h15H,3-8H2,1-2H3,(H,16,17). The molecule has 0 bridgehead atoms. The van der Waals surface area contributed by atoms with Gasteiger partial charge in [0.25, 0.3) is 0 Å². The van der Waals surface area contributed by atoms with E-state index in [9.17, 15) is 18.0 Å². The van der Waals surface area contributed by atoms with Gasteiger partial charge >= 0.3 is 12.3 Å². The number of aliphatic carboxylic acids is 1. The molecule has 0 aliphatic rings. The molecule has 0 aromatic carbocycles. The summed E-state index contributed by atoms with van der Waals surface area (Å²) in [5.41, 5.74) is -0.143. The number of halogens is 3. The Morgan fingerprint density at radius 3 is 2.33 bits per heavy atom. The Balaban J connectivity index is 3.55. The predicted molar refractivity (Wildman–Crippen MR) is 60.1 cm³/mol. The Morgan fingerprint density at radius 2 is 1.83 bits per heavy atom. The van der Waals surface area contributed by atoms with E-state index >= 15 is 0 Å². The van der Waals surface area contributed by atoms with Crippen molar-refractivity contribution in [1.82, 2.24) is 5.32 Å². The fraction of sp³-hybridized carbons (Fsp3) is 0.909. The summed E-state index contributed by atoms with van der Waals surface area (Å²) in [6.07, 6.45) is -3.23. The van der Waals surface area contributed by atoms with Crippen LogP contribution in [0, 0.1) is 5.41 Å². The lowest BCUT2D eigenvalue weighted by Crippen LogP contribution is -2.28. The average molecular weight is 271 g/mol. The van der Waals surface area contributed by atoms with Crippen LogP contribution in [0.25, 0.3) is 0 Å². The minimum absolute atomic E-state index is 0.101. The third kappa shape index (κ3) is 11.7. The number of hydrogen-bond donors (Lipinski definition) is 2. The minimum atomic E-state index is -4.58. The molecule has 0 amide bonds. The number of nitrogens with one attached hydrogen (secondary N) is 1. The first-order chi connectivity index (χ1) is 8.12. The van der Waals surface area contributed by atoms with E-state index in [-0.39, 0.29) is 18.4 Å². The largest absolute Gasteiger partial charge is 0.522 e. The second-order valence-corrected chi connectivity index (χ2v) is 4.85. The molecule has 0 atom stereocenters. The van der Waals surface area contributed by atoms with Gasteiger partial charge < -0.3 is 10.4 Å². The number of alkyl halides is 3. The number of hydrogen-bond acceptors (Lipinski definition) is 3. The predicted octanol–water partition coefficient (Wildman–Crippen LogP) is 2.39.